The molecular weight excluding hydrogens is 396 g/mol. The summed E-state index contributed by atoms with van der Waals surface area (Å²) in [6.45, 7) is 7.68. The van der Waals surface area contributed by atoms with E-state index in [-0.39, 0.29) is 12.5 Å². The van der Waals surface area contributed by atoms with Gasteiger partial charge in [0.15, 0.2) is 0 Å². The van der Waals surface area contributed by atoms with Crippen molar-refractivity contribution in [3.8, 4) is 0 Å². The molecule has 1 aliphatic rings. The molecule has 1 fully saturated rings. The largest absolute Gasteiger partial charge is 0.331 e. The molecule has 1 aliphatic carbocycles. The molecule has 1 aromatic carbocycles. The van der Waals surface area contributed by atoms with Gasteiger partial charge < -0.3 is 15.5 Å². The summed E-state index contributed by atoms with van der Waals surface area (Å²) in [6.07, 6.45) is 5.46. The quantitative estimate of drug-likeness (QED) is 0.372. The number of rotatable bonds is 8. The molecule has 172 valence electrons. The second kappa shape index (κ2) is 11.1. The van der Waals surface area contributed by atoms with Gasteiger partial charge in [0, 0.05) is 12.2 Å². The Kier molecular flexibility index (Phi) is 8.86. The molecule has 0 unspecified atom stereocenters. The van der Waals surface area contributed by atoms with Gasteiger partial charge in [-0.25, -0.2) is 10.3 Å². The van der Waals surface area contributed by atoms with Crippen LogP contribution in [0.4, 0.5) is 10.5 Å². The molecule has 0 radical (unpaired) electrons. The molecule has 0 heterocycles. The zero-order valence-electron chi connectivity index (χ0n) is 19.0. The number of benzene rings is 1. The molecule has 31 heavy (non-hydrogen) atoms. The average Bonchev–Trinajstić information content (AvgIpc) is 3.21. The van der Waals surface area contributed by atoms with Crippen LogP contribution in [-0.2, 0) is 9.59 Å². The number of aryl methyl sites for hydroxylation is 1. The lowest BCUT2D eigenvalue weighted by Crippen LogP contribution is -2.57. The molecule has 0 bridgehead atoms. The van der Waals surface area contributed by atoms with E-state index >= 15 is 0 Å². The van der Waals surface area contributed by atoms with Crippen LogP contribution < -0.4 is 16.1 Å². The van der Waals surface area contributed by atoms with Gasteiger partial charge in [0.1, 0.15) is 12.6 Å². The molecule has 2 rings (SSSR count). The number of carbonyl (C=O) groups is 3. The normalized spacial score (nSPS) is 15.3. The second-order valence-electron chi connectivity index (χ2n) is 9.50. The summed E-state index contributed by atoms with van der Waals surface area (Å²) < 4.78 is 0. The Bertz CT molecular complexity index is 769. The van der Waals surface area contributed by atoms with E-state index in [2.05, 4.69) is 10.6 Å². The number of urea groups is 1. The van der Waals surface area contributed by atoms with Crippen LogP contribution in [0.5, 0.6) is 0 Å². The minimum Gasteiger partial charge on any atom is -0.331 e. The van der Waals surface area contributed by atoms with E-state index in [1.807, 2.05) is 45.9 Å². The molecule has 0 saturated heterocycles. The molecule has 1 atom stereocenters. The highest BCUT2D eigenvalue weighted by Crippen LogP contribution is 2.28. The summed E-state index contributed by atoms with van der Waals surface area (Å²) in [4.78, 5) is 39.3. The highest BCUT2D eigenvalue weighted by molar-refractivity contribution is 5.95. The first-order chi connectivity index (χ1) is 14.6. The monoisotopic (exact) mass is 432 g/mol. The van der Waals surface area contributed by atoms with Crippen molar-refractivity contribution >= 4 is 23.5 Å². The van der Waals surface area contributed by atoms with Crippen LogP contribution in [0.2, 0.25) is 0 Å². The third kappa shape index (κ3) is 7.86. The minimum atomic E-state index is -0.840. The summed E-state index contributed by atoms with van der Waals surface area (Å²) >= 11 is 0. The van der Waals surface area contributed by atoms with E-state index in [9.17, 15) is 14.4 Å². The highest BCUT2D eigenvalue weighted by atomic mass is 16.5. The lowest BCUT2D eigenvalue weighted by Gasteiger charge is -2.35. The van der Waals surface area contributed by atoms with Crippen molar-refractivity contribution in [1.82, 2.24) is 15.7 Å². The fraction of sp³-hybridized carbons (Fsp3) is 0.609. The Labute approximate surface area is 184 Å². The smallest absolute Gasteiger partial charge is 0.319 e. The first-order valence-corrected chi connectivity index (χ1v) is 11.0. The Morgan fingerprint density at radius 1 is 1.19 bits per heavy atom. The highest BCUT2D eigenvalue weighted by Gasteiger charge is 2.36. The number of carbonyl (C=O) groups excluding carboxylic acids is 3. The van der Waals surface area contributed by atoms with Crippen molar-refractivity contribution < 1.29 is 19.6 Å². The SMILES string of the molecule is Cc1cccc(NC(=O)N[C@H](C(=O)N(CCC2CCCC2)CC(=O)NO)C(C)(C)C)c1. The molecule has 4 amide bonds. The molecule has 0 aliphatic heterocycles. The first-order valence-electron chi connectivity index (χ1n) is 11.0. The number of nitrogens with one attached hydrogen (secondary N) is 3. The van der Waals surface area contributed by atoms with Crippen LogP contribution in [0.25, 0.3) is 0 Å². The van der Waals surface area contributed by atoms with Gasteiger partial charge in [-0.2, -0.15) is 0 Å². The van der Waals surface area contributed by atoms with Crippen molar-refractivity contribution in [1.29, 1.82) is 0 Å². The van der Waals surface area contributed by atoms with E-state index in [0.717, 1.165) is 24.8 Å². The second-order valence-corrected chi connectivity index (χ2v) is 9.50. The van der Waals surface area contributed by atoms with Crippen LogP contribution in [0.15, 0.2) is 24.3 Å². The van der Waals surface area contributed by atoms with Crippen LogP contribution in [0.1, 0.15) is 58.4 Å². The fourth-order valence-corrected chi connectivity index (χ4v) is 3.97. The van der Waals surface area contributed by atoms with Gasteiger partial charge in [-0.1, -0.05) is 58.6 Å². The van der Waals surface area contributed by atoms with Gasteiger partial charge >= 0.3 is 6.03 Å². The van der Waals surface area contributed by atoms with Gasteiger partial charge in [-0.3, -0.25) is 14.8 Å². The van der Waals surface area contributed by atoms with Gasteiger partial charge in [0.25, 0.3) is 5.91 Å². The Balaban J connectivity index is 2.12. The molecule has 1 aromatic rings. The van der Waals surface area contributed by atoms with Crippen LogP contribution in [0, 0.1) is 18.3 Å². The maximum atomic E-state index is 13.4. The van der Waals surface area contributed by atoms with Crippen molar-refractivity contribution in [3.63, 3.8) is 0 Å². The van der Waals surface area contributed by atoms with Crippen molar-refractivity contribution in [3.05, 3.63) is 29.8 Å². The molecular formula is C23H36N4O4. The summed E-state index contributed by atoms with van der Waals surface area (Å²) in [6, 6.07) is 6.07. The van der Waals surface area contributed by atoms with Gasteiger partial charge in [-0.05, 0) is 42.4 Å². The number of hydrogen-bond donors (Lipinski definition) is 4. The lowest BCUT2D eigenvalue weighted by atomic mass is 9.85. The zero-order valence-corrected chi connectivity index (χ0v) is 19.0. The van der Waals surface area contributed by atoms with E-state index in [0.29, 0.717) is 18.2 Å². The maximum Gasteiger partial charge on any atom is 0.319 e. The molecule has 4 N–H and O–H groups in total. The fourth-order valence-electron chi connectivity index (χ4n) is 3.97. The molecule has 8 heteroatoms. The standard InChI is InChI=1S/C23H36N4O4/c1-16-8-7-11-18(14-16)24-22(30)25-20(23(2,3)4)21(29)27(15-19(28)26-31)13-12-17-9-5-6-10-17/h7-8,11,14,17,20,31H,5-6,9-10,12-13,15H2,1-4H3,(H,26,28)(H2,24,25,30)/t20-/m1/s1. The Hall–Kier alpha value is -2.61. The molecule has 0 aromatic heterocycles. The van der Waals surface area contributed by atoms with Gasteiger partial charge in [0.2, 0.25) is 5.91 Å². The van der Waals surface area contributed by atoms with Crippen molar-refractivity contribution in [2.75, 3.05) is 18.4 Å². The van der Waals surface area contributed by atoms with E-state index < -0.39 is 23.4 Å². The number of nitrogens with zero attached hydrogens (tertiary/aromatic N) is 1. The van der Waals surface area contributed by atoms with Crippen LogP contribution in [0.3, 0.4) is 0 Å². The number of hydrogen-bond acceptors (Lipinski definition) is 4. The van der Waals surface area contributed by atoms with Crippen LogP contribution >= 0.6 is 0 Å². The maximum absolute atomic E-state index is 13.4. The average molecular weight is 433 g/mol. The summed E-state index contributed by atoms with van der Waals surface area (Å²) in [7, 11) is 0. The third-order valence-electron chi connectivity index (χ3n) is 5.72. The zero-order chi connectivity index (χ0) is 23.0. The third-order valence-corrected chi connectivity index (χ3v) is 5.72. The number of hydroxylamine groups is 1. The number of anilines is 1. The predicted molar refractivity (Wildman–Crippen MR) is 120 cm³/mol. The lowest BCUT2D eigenvalue weighted by molar-refractivity contribution is -0.142. The summed E-state index contributed by atoms with van der Waals surface area (Å²) in [5.74, 6) is -0.455. The van der Waals surface area contributed by atoms with Gasteiger partial charge in [0.05, 0.1) is 0 Å². The molecule has 8 nitrogen and oxygen atoms in total. The number of amides is 4. The molecule has 1 saturated carbocycles. The Morgan fingerprint density at radius 2 is 1.87 bits per heavy atom. The van der Waals surface area contributed by atoms with Crippen molar-refractivity contribution in [2.45, 2.75) is 65.8 Å². The molecule has 0 spiro atoms. The first kappa shape index (κ1) is 24.7. The summed E-state index contributed by atoms with van der Waals surface area (Å²) in [5, 5.41) is 14.5. The van der Waals surface area contributed by atoms with E-state index in [1.165, 1.54) is 17.7 Å². The Morgan fingerprint density at radius 3 is 2.45 bits per heavy atom. The van der Waals surface area contributed by atoms with E-state index in [4.69, 9.17) is 5.21 Å². The summed E-state index contributed by atoms with van der Waals surface area (Å²) in [5.41, 5.74) is 2.66. The topological polar surface area (TPSA) is 111 Å². The van der Waals surface area contributed by atoms with Crippen LogP contribution in [-0.4, -0.2) is 47.1 Å². The van der Waals surface area contributed by atoms with Gasteiger partial charge in [-0.15, -0.1) is 0 Å². The predicted octanol–water partition coefficient (Wildman–Crippen LogP) is 3.45. The minimum absolute atomic E-state index is 0.254. The van der Waals surface area contributed by atoms with E-state index in [1.54, 1.807) is 11.5 Å². The van der Waals surface area contributed by atoms with Crippen molar-refractivity contribution in [2.24, 2.45) is 11.3 Å².